The average molecular weight is 318 g/mol. The van der Waals surface area contributed by atoms with E-state index in [4.69, 9.17) is 16.1 Å². The number of rotatable bonds is 4. The van der Waals surface area contributed by atoms with E-state index < -0.39 is 0 Å². The van der Waals surface area contributed by atoms with E-state index in [1.807, 2.05) is 18.2 Å². The molecule has 0 amide bonds. The van der Waals surface area contributed by atoms with Crippen LogP contribution in [0.5, 0.6) is 0 Å². The molecule has 116 valence electrons. The fourth-order valence-electron chi connectivity index (χ4n) is 3.03. The number of nitrogens with zero attached hydrogens (tertiary/aromatic N) is 3. The maximum atomic E-state index is 6.08. The van der Waals surface area contributed by atoms with Gasteiger partial charge >= 0.3 is 0 Å². The topological polar surface area (TPSA) is 32.5 Å². The summed E-state index contributed by atoms with van der Waals surface area (Å²) in [5.41, 5.74) is 2.28. The second-order valence-electron chi connectivity index (χ2n) is 6.24. The summed E-state index contributed by atoms with van der Waals surface area (Å²) in [5, 5.41) is 5.01. The number of hydrogen-bond acceptors (Lipinski definition) is 4. The summed E-state index contributed by atoms with van der Waals surface area (Å²) in [4.78, 5) is 4.83. The van der Waals surface area contributed by atoms with E-state index in [0.717, 1.165) is 49.2 Å². The molecule has 2 heterocycles. The summed E-state index contributed by atoms with van der Waals surface area (Å²) >= 11 is 6.08. The van der Waals surface area contributed by atoms with E-state index in [-0.39, 0.29) is 0 Å². The Morgan fingerprint density at radius 2 is 1.95 bits per heavy atom. The Kier molecular flexibility index (Phi) is 3.80. The van der Waals surface area contributed by atoms with Gasteiger partial charge < -0.3 is 9.42 Å². The molecule has 2 aromatic rings. The van der Waals surface area contributed by atoms with Crippen LogP contribution < -0.4 is 4.90 Å². The van der Waals surface area contributed by atoms with Gasteiger partial charge in [0.1, 0.15) is 5.76 Å². The van der Waals surface area contributed by atoms with Gasteiger partial charge in [-0.2, -0.15) is 0 Å². The van der Waals surface area contributed by atoms with Gasteiger partial charge in [-0.3, -0.25) is 4.90 Å². The fourth-order valence-corrected chi connectivity index (χ4v) is 3.21. The summed E-state index contributed by atoms with van der Waals surface area (Å²) in [6.45, 7) is 5.01. The molecule has 0 spiro atoms. The van der Waals surface area contributed by atoms with E-state index in [2.05, 4.69) is 27.1 Å². The van der Waals surface area contributed by atoms with Crippen LogP contribution in [0, 0.1) is 0 Å². The zero-order chi connectivity index (χ0) is 14.9. The van der Waals surface area contributed by atoms with E-state index in [9.17, 15) is 0 Å². The molecule has 0 radical (unpaired) electrons. The van der Waals surface area contributed by atoms with Crippen molar-refractivity contribution in [3.05, 3.63) is 46.8 Å². The second kappa shape index (κ2) is 5.94. The molecular formula is C17H20ClN3O. The van der Waals surface area contributed by atoms with Crippen molar-refractivity contribution in [2.45, 2.75) is 25.3 Å². The van der Waals surface area contributed by atoms with E-state index in [1.165, 1.54) is 18.5 Å². The number of anilines is 1. The molecule has 1 aromatic carbocycles. The molecule has 1 aromatic heterocycles. The van der Waals surface area contributed by atoms with Gasteiger partial charge in [0.15, 0.2) is 0 Å². The predicted molar refractivity (Wildman–Crippen MR) is 87.4 cm³/mol. The van der Waals surface area contributed by atoms with Crippen LogP contribution in [0.4, 0.5) is 5.69 Å². The van der Waals surface area contributed by atoms with Crippen molar-refractivity contribution >= 4 is 17.3 Å². The Hall–Kier alpha value is -1.52. The van der Waals surface area contributed by atoms with Gasteiger partial charge in [0.2, 0.25) is 0 Å². The van der Waals surface area contributed by atoms with Gasteiger partial charge in [-0.1, -0.05) is 22.8 Å². The van der Waals surface area contributed by atoms with Gasteiger partial charge in [-0.05, 0) is 31.0 Å². The third kappa shape index (κ3) is 3.13. The monoisotopic (exact) mass is 317 g/mol. The van der Waals surface area contributed by atoms with Gasteiger partial charge in [0.05, 0.1) is 5.69 Å². The molecule has 0 atom stereocenters. The van der Waals surface area contributed by atoms with Gasteiger partial charge in [0, 0.05) is 55.4 Å². The first kappa shape index (κ1) is 14.1. The number of halogens is 1. The summed E-state index contributed by atoms with van der Waals surface area (Å²) in [7, 11) is 0. The van der Waals surface area contributed by atoms with Crippen molar-refractivity contribution in [1.82, 2.24) is 10.1 Å². The molecule has 1 aliphatic heterocycles. The summed E-state index contributed by atoms with van der Waals surface area (Å²) < 4.78 is 5.43. The van der Waals surface area contributed by atoms with Crippen LogP contribution in [0.2, 0.25) is 5.02 Å². The van der Waals surface area contributed by atoms with Crippen molar-refractivity contribution < 1.29 is 4.52 Å². The van der Waals surface area contributed by atoms with Crippen LogP contribution in [0.1, 0.15) is 30.2 Å². The van der Waals surface area contributed by atoms with Gasteiger partial charge in [-0.15, -0.1) is 0 Å². The third-order valence-corrected chi connectivity index (χ3v) is 4.72. The zero-order valence-electron chi connectivity index (χ0n) is 12.5. The van der Waals surface area contributed by atoms with Crippen LogP contribution >= 0.6 is 11.6 Å². The number of aromatic nitrogens is 1. The number of piperazine rings is 1. The van der Waals surface area contributed by atoms with Crippen LogP contribution in [0.25, 0.3) is 0 Å². The molecule has 1 saturated heterocycles. The highest BCUT2D eigenvalue weighted by molar-refractivity contribution is 6.30. The standard InChI is InChI=1S/C17H20ClN3O/c18-14-2-1-3-16(10-14)21-8-6-20(7-9-21)12-15-11-17(22-19-15)13-4-5-13/h1-3,10-11,13H,4-9,12H2. The van der Waals surface area contributed by atoms with Gasteiger partial charge in [-0.25, -0.2) is 0 Å². The van der Waals surface area contributed by atoms with Crippen LogP contribution in [-0.2, 0) is 6.54 Å². The summed E-state index contributed by atoms with van der Waals surface area (Å²) in [6.07, 6.45) is 2.51. The lowest BCUT2D eigenvalue weighted by Gasteiger charge is -2.35. The molecule has 22 heavy (non-hydrogen) atoms. The first-order chi connectivity index (χ1) is 10.8. The molecule has 0 unspecified atom stereocenters. The Bertz CT molecular complexity index is 645. The minimum absolute atomic E-state index is 0.640. The van der Waals surface area contributed by atoms with Crippen molar-refractivity contribution in [3.63, 3.8) is 0 Å². The predicted octanol–water partition coefficient (Wildman–Crippen LogP) is 3.53. The van der Waals surface area contributed by atoms with E-state index in [0.29, 0.717) is 5.92 Å². The highest BCUT2D eigenvalue weighted by Crippen LogP contribution is 2.40. The molecule has 1 saturated carbocycles. The van der Waals surface area contributed by atoms with Gasteiger partial charge in [0.25, 0.3) is 0 Å². The maximum Gasteiger partial charge on any atom is 0.140 e. The largest absolute Gasteiger partial charge is 0.369 e. The third-order valence-electron chi connectivity index (χ3n) is 4.49. The molecule has 4 rings (SSSR count). The minimum Gasteiger partial charge on any atom is -0.369 e. The second-order valence-corrected chi connectivity index (χ2v) is 6.67. The fraction of sp³-hybridized carbons (Fsp3) is 0.471. The van der Waals surface area contributed by atoms with Crippen molar-refractivity contribution in [1.29, 1.82) is 0 Å². The Labute approximate surface area is 135 Å². The highest BCUT2D eigenvalue weighted by Gasteiger charge is 2.28. The lowest BCUT2D eigenvalue weighted by molar-refractivity contribution is 0.241. The minimum atomic E-state index is 0.640. The van der Waals surface area contributed by atoms with Crippen LogP contribution in [0.15, 0.2) is 34.9 Å². The molecule has 4 nitrogen and oxygen atoms in total. The highest BCUT2D eigenvalue weighted by atomic mass is 35.5. The molecular weight excluding hydrogens is 298 g/mol. The Morgan fingerprint density at radius 1 is 1.14 bits per heavy atom. The molecule has 1 aliphatic carbocycles. The first-order valence-electron chi connectivity index (χ1n) is 7.96. The SMILES string of the molecule is Clc1cccc(N2CCN(Cc3cc(C4CC4)on3)CC2)c1. The summed E-state index contributed by atoms with van der Waals surface area (Å²) in [5.74, 6) is 1.72. The number of benzene rings is 1. The number of hydrogen-bond donors (Lipinski definition) is 0. The van der Waals surface area contributed by atoms with Crippen LogP contribution in [0.3, 0.4) is 0 Å². The molecule has 2 fully saturated rings. The average Bonchev–Trinajstić information content (AvgIpc) is 3.28. The van der Waals surface area contributed by atoms with Crippen LogP contribution in [-0.4, -0.2) is 36.2 Å². The maximum absolute atomic E-state index is 6.08. The smallest absolute Gasteiger partial charge is 0.140 e. The molecule has 2 aliphatic rings. The lowest BCUT2D eigenvalue weighted by Crippen LogP contribution is -2.46. The lowest BCUT2D eigenvalue weighted by atomic mass is 10.2. The Morgan fingerprint density at radius 3 is 2.68 bits per heavy atom. The van der Waals surface area contributed by atoms with Crippen molar-refractivity contribution in [3.8, 4) is 0 Å². The molecule has 5 heteroatoms. The van der Waals surface area contributed by atoms with E-state index in [1.54, 1.807) is 0 Å². The molecule has 0 N–H and O–H groups in total. The molecule has 0 bridgehead atoms. The van der Waals surface area contributed by atoms with Crippen molar-refractivity contribution in [2.75, 3.05) is 31.1 Å². The normalized spacial score (nSPS) is 19.6. The van der Waals surface area contributed by atoms with Crippen molar-refractivity contribution in [2.24, 2.45) is 0 Å². The summed E-state index contributed by atoms with van der Waals surface area (Å²) in [6, 6.07) is 10.2. The van der Waals surface area contributed by atoms with E-state index >= 15 is 0 Å². The quantitative estimate of drug-likeness (QED) is 0.863. The Balaban J connectivity index is 1.33. The zero-order valence-corrected chi connectivity index (χ0v) is 13.3. The first-order valence-corrected chi connectivity index (χ1v) is 8.34.